The van der Waals surface area contributed by atoms with Crippen LogP contribution in [0.15, 0.2) is 48.7 Å². The molecule has 3 aromatic rings. The van der Waals surface area contributed by atoms with Crippen molar-refractivity contribution in [1.29, 1.82) is 0 Å². The standard InChI is InChI=1S/C18H18FNO/c1-3-20-11-14(18-13(2)7-6-9-16(18)20)12-21-17-10-5-4-8-15(17)19/h4-11H,3,12H2,1-2H3. The van der Waals surface area contributed by atoms with Gasteiger partial charge < -0.3 is 9.30 Å². The second-order valence-electron chi connectivity index (χ2n) is 5.13. The molecule has 0 amide bonds. The fraction of sp³-hybridized carbons (Fsp3) is 0.222. The van der Waals surface area contributed by atoms with Gasteiger partial charge in [-0.25, -0.2) is 4.39 Å². The number of ether oxygens (including phenoxy) is 1. The van der Waals surface area contributed by atoms with Gasteiger partial charge in [-0.3, -0.25) is 0 Å². The molecular formula is C18H18FNO. The molecule has 108 valence electrons. The van der Waals surface area contributed by atoms with Crippen molar-refractivity contribution in [1.82, 2.24) is 4.57 Å². The largest absolute Gasteiger partial charge is 0.486 e. The van der Waals surface area contributed by atoms with Crippen LogP contribution < -0.4 is 4.74 Å². The third-order valence-electron chi connectivity index (χ3n) is 3.75. The minimum absolute atomic E-state index is 0.295. The summed E-state index contributed by atoms with van der Waals surface area (Å²) in [6.07, 6.45) is 2.10. The Morgan fingerprint density at radius 3 is 2.67 bits per heavy atom. The summed E-state index contributed by atoms with van der Waals surface area (Å²) in [7, 11) is 0. The van der Waals surface area contributed by atoms with Crippen LogP contribution >= 0.6 is 0 Å². The highest BCUT2D eigenvalue weighted by Crippen LogP contribution is 2.26. The van der Waals surface area contributed by atoms with Crippen LogP contribution in [0.2, 0.25) is 0 Å². The Morgan fingerprint density at radius 1 is 1.10 bits per heavy atom. The number of rotatable bonds is 4. The summed E-state index contributed by atoms with van der Waals surface area (Å²) in [5.74, 6) is -0.0306. The number of hydrogen-bond acceptors (Lipinski definition) is 1. The molecule has 0 aliphatic heterocycles. The average Bonchev–Trinajstić information content (AvgIpc) is 2.86. The Balaban J connectivity index is 1.96. The van der Waals surface area contributed by atoms with Crippen LogP contribution in [0.25, 0.3) is 10.9 Å². The third kappa shape index (κ3) is 2.51. The lowest BCUT2D eigenvalue weighted by Gasteiger charge is -2.07. The predicted octanol–water partition coefficient (Wildman–Crippen LogP) is 4.69. The molecule has 0 aliphatic rings. The van der Waals surface area contributed by atoms with Gasteiger partial charge in [-0.15, -0.1) is 0 Å². The molecule has 0 atom stereocenters. The van der Waals surface area contributed by atoms with Crippen molar-refractivity contribution in [3.8, 4) is 5.75 Å². The van der Waals surface area contributed by atoms with Crippen molar-refractivity contribution in [3.05, 3.63) is 65.6 Å². The molecule has 1 aromatic heterocycles. The molecule has 0 N–H and O–H groups in total. The number of hydrogen-bond donors (Lipinski definition) is 0. The number of aryl methyl sites for hydroxylation is 2. The van der Waals surface area contributed by atoms with Gasteiger partial charge >= 0.3 is 0 Å². The Bertz CT molecular complexity index is 776. The summed E-state index contributed by atoms with van der Waals surface area (Å²) in [4.78, 5) is 0. The monoisotopic (exact) mass is 283 g/mol. The molecule has 0 saturated carbocycles. The maximum Gasteiger partial charge on any atom is 0.165 e. The lowest BCUT2D eigenvalue weighted by atomic mass is 10.1. The van der Waals surface area contributed by atoms with Crippen LogP contribution in [0.1, 0.15) is 18.1 Å². The summed E-state index contributed by atoms with van der Waals surface area (Å²) < 4.78 is 21.5. The van der Waals surface area contributed by atoms with E-state index in [4.69, 9.17) is 4.74 Å². The Labute approximate surface area is 123 Å². The van der Waals surface area contributed by atoms with Crippen LogP contribution in [-0.4, -0.2) is 4.57 Å². The van der Waals surface area contributed by atoms with Gasteiger partial charge in [-0.2, -0.15) is 0 Å². The second-order valence-corrected chi connectivity index (χ2v) is 5.13. The molecule has 0 radical (unpaired) electrons. The van der Waals surface area contributed by atoms with Crippen molar-refractivity contribution >= 4 is 10.9 Å². The molecular weight excluding hydrogens is 265 g/mol. The van der Waals surface area contributed by atoms with Crippen LogP contribution in [0.5, 0.6) is 5.75 Å². The summed E-state index contributed by atoms with van der Waals surface area (Å²) >= 11 is 0. The first kappa shape index (κ1) is 13.7. The van der Waals surface area contributed by atoms with Crippen molar-refractivity contribution in [2.24, 2.45) is 0 Å². The van der Waals surface area contributed by atoms with Crippen molar-refractivity contribution < 1.29 is 9.13 Å². The summed E-state index contributed by atoms with van der Waals surface area (Å²) in [5.41, 5.74) is 3.50. The summed E-state index contributed by atoms with van der Waals surface area (Å²) in [6.45, 7) is 5.48. The smallest absolute Gasteiger partial charge is 0.165 e. The Morgan fingerprint density at radius 2 is 1.90 bits per heavy atom. The molecule has 3 heteroatoms. The third-order valence-corrected chi connectivity index (χ3v) is 3.75. The molecule has 2 nitrogen and oxygen atoms in total. The van der Waals surface area contributed by atoms with Crippen molar-refractivity contribution in [2.45, 2.75) is 27.0 Å². The van der Waals surface area contributed by atoms with E-state index in [0.717, 1.165) is 12.1 Å². The molecule has 21 heavy (non-hydrogen) atoms. The van der Waals surface area contributed by atoms with E-state index < -0.39 is 0 Å². The van der Waals surface area contributed by atoms with Gasteiger partial charge in [0.05, 0.1) is 0 Å². The normalized spacial score (nSPS) is 11.0. The quantitative estimate of drug-likeness (QED) is 0.677. The zero-order chi connectivity index (χ0) is 14.8. The van der Waals surface area contributed by atoms with Gasteiger partial charge in [0, 0.05) is 29.2 Å². The zero-order valence-electron chi connectivity index (χ0n) is 12.3. The Hall–Kier alpha value is -2.29. The number of fused-ring (bicyclic) bond motifs is 1. The first-order valence-electron chi connectivity index (χ1n) is 7.15. The summed E-state index contributed by atoms with van der Waals surface area (Å²) in [5, 5.41) is 1.20. The number of nitrogens with zero attached hydrogens (tertiary/aromatic N) is 1. The topological polar surface area (TPSA) is 14.2 Å². The number of para-hydroxylation sites is 1. The van der Waals surface area contributed by atoms with Crippen molar-refractivity contribution in [2.75, 3.05) is 0 Å². The average molecular weight is 283 g/mol. The summed E-state index contributed by atoms with van der Waals surface area (Å²) in [6, 6.07) is 12.8. The first-order chi connectivity index (χ1) is 10.2. The first-order valence-corrected chi connectivity index (χ1v) is 7.15. The highest BCUT2D eigenvalue weighted by Gasteiger charge is 2.11. The number of benzene rings is 2. The minimum Gasteiger partial charge on any atom is -0.486 e. The molecule has 3 rings (SSSR count). The van der Waals surface area contributed by atoms with E-state index in [2.05, 4.69) is 42.8 Å². The number of halogens is 1. The molecule has 1 heterocycles. The lowest BCUT2D eigenvalue weighted by Crippen LogP contribution is -1.97. The fourth-order valence-corrected chi connectivity index (χ4v) is 2.72. The SMILES string of the molecule is CCn1cc(COc2ccccc2F)c2c(C)cccc21. The van der Waals surface area contributed by atoms with Gasteiger partial charge in [0.15, 0.2) is 11.6 Å². The lowest BCUT2D eigenvalue weighted by molar-refractivity contribution is 0.291. The molecule has 2 aromatic carbocycles. The van der Waals surface area contributed by atoms with E-state index >= 15 is 0 Å². The molecule has 0 unspecified atom stereocenters. The van der Waals surface area contributed by atoms with Gasteiger partial charge in [0.1, 0.15) is 6.61 Å². The van der Waals surface area contributed by atoms with Crippen LogP contribution in [-0.2, 0) is 13.2 Å². The van der Waals surface area contributed by atoms with E-state index in [-0.39, 0.29) is 5.82 Å². The highest BCUT2D eigenvalue weighted by atomic mass is 19.1. The second kappa shape index (κ2) is 5.60. The molecule has 0 fully saturated rings. The molecule has 0 aliphatic carbocycles. The van der Waals surface area contributed by atoms with Gasteiger partial charge in [0.2, 0.25) is 0 Å². The Kier molecular flexibility index (Phi) is 3.65. The van der Waals surface area contributed by atoms with Gasteiger partial charge in [-0.05, 0) is 37.6 Å². The van der Waals surface area contributed by atoms with Crippen LogP contribution in [0.3, 0.4) is 0 Å². The minimum atomic E-state index is -0.326. The molecule has 0 saturated heterocycles. The van der Waals surface area contributed by atoms with Crippen LogP contribution in [0, 0.1) is 12.7 Å². The van der Waals surface area contributed by atoms with Gasteiger partial charge in [0.25, 0.3) is 0 Å². The maximum absolute atomic E-state index is 13.6. The fourth-order valence-electron chi connectivity index (χ4n) is 2.72. The number of aromatic nitrogens is 1. The molecule has 0 spiro atoms. The molecule has 0 bridgehead atoms. The maximum atomic E-state index is 13.6. The van der Waals surface area contributed by atoms with Gasteiger partial charge in [-0.1, -0.05) is 24.3 Å². The van der Waals surface area contributed by atoms with E-state index in [0.29, 0.717) is 12.4 Å². The van der Waals surface area contributed by atoms with Crippen LogP contribution in [0.4, 0.5) is 4.39 Å². The van der Waals surface area contributed by atoms with E-state index in [1.54, 1.807) is 18.2 Å². The van der Waals surface area contributed by atoms with E-state index in [1.165, 1.54) is 22.5 Å². The van der Waals surface area contributed by atoms with Crippen molar-refractivity contribution in [3.63, 3.8) is 0 Å². The zero-order valence-corrected chi connectivity index (χ0v) is 12.3. The van der Waals surface area contributed by atoms with E-state index in [1.807, 2.05) is 0 Å². The predicted molar refractivity (Wildman–Crippen MR) is 83.1 cm³/mol. The van der Waals surface area contributed by atoms with E-state index in [9.17, 15) is 4.39 Å². The highest BCUT2D eigenvalue weighted by molar-refractivity contribution is 5.87.